The minimum Gasteiger partial charge on any atom is -0.338 e. The van der Waals surface area contributed by atoms with Crippen LogP contribution < -0.4 is 21.9 Å². The molecule has 0 saturated carbocycles. The molecule has 0 bridgehead atoms. The van der Waals surface area contributed by atoms with Crippen molar-refractivity contribution in [3.8, 4) is 0 Å². The van der Waals surface area contributed by atoms with Crippen molar-refractivity contribution in [3.63, 3.8) is 0 Å². The molecule has 0 spiro atoms. The maximum Gasteiger partial charge on any atom is 0.320 e. The van der Waals surface area contributed by atoms with E-state index in [0.29, 0.717) is 24.4 Å². The SMILES string of the molecule is NN1C=C(c2cnc3ccc(NC(=O)NCCCc4ccccc4)nc3c2)CN1. The third-order valence-corrected chi connectivity index (χ3v) is 4.67. The third kappa shape index (κ3) is 4.87. The zero-order valence-corrected chi connectivity index (χ0v) is 15.9. The number of anilines is 1. The number of nitrogens with one attached hydrogen (secondary N) is 3. The van der Waals surface area contributed by atoms with Crippen LogP contribution in [0.3, 0.4) is 0 Å². The van der Waals surface area contributed by atoms with E-state index in [1.54, 1.807) is 12.3 Å². The highest BCUT2D eigenvalue weighted by Crippen LogP contribution is 2.21. The highest BCUT2D eigenvalue weighted by molar-refractivity contribution is 5.90. The molecule has 3 aromatic rings. The maximum absolute atomic E-state index is 12.2. The minimum absolute atomic E-state index is 0.268. The summed E-state index contributed by atoms with van der Waals surface area (Å²) in [7, 11) is 0. The molecule has 0 atom stereocenters. The number of nitrogens with two attached hydrogens (primary N) is 1. The number of carbonyl (C=O) groups is 1. The minimum atomic E-state index is -0.268. The molecule has 2 aromatic heterocycles. The van der Waals surface area contributed by atoms with Crippen LogP contribution in [0.2, 0.25) is 0 Å². The molecule has 5 N–H and O–H groups in total. The predicted molar refractivity (Wildman–Crippen MR) is 113 cm³/mol. The Morgan fingerprint density at radius 3 is 2.83 bits per heavy atom. The second-order valence-corrected chi connectivity index (χ2v) is 6.83. The molecule has 1 aliphatic heterocycles. The first-order valence-corrected chi connectivity index (χ1v) is 9.51. The van der Waals surface area contributed by atoms with E-state index in [-0.39, 0.29) is 6.03 Å². The molecule has 0 aliphatic carbocycles. The summed E-state index contributed by atoms with van der Waals surface area (Å²) in [6.45, 7) is 1.23. The van der Waals surface area contributed by atoms with Crippen molar-refractivity contribution in [2.45, 2.75) is 12.8 Å². The lowest BCUT2D eigenvalue weighted by atomic mass is 10.1. The molecule has 148 valence electrons. The van der Waals surface area contributed by atoms with Gasteiger partial charge in [0.1, 0.15) is 5.82 Å². The smallest absolute Gasteiger partial charge is 0.320 e. The van der Waals surface area contributed by atoms with Crippen molar-refractivity contribution >= 4 is 28.5 Å². The molecule has 4 rings (SSSR count). The van der Waals surface area contributed by atoms with Gasteiger partial charge in [0, 0.05) is 31.0 Å². The Morgan fingerprint density at radius 2 is 2.03 bits per heavy atom. The molecule has 0 unspecified atom stereocenters. The fraction of sp³-hybridized carbons (Fsp3) is 0.190. The van der Waals surface area contributed by atoms with Gasteiger partial charge in [0.25, 0.3) is 0 Å². The van der Waals surface area contributed by atoms with Crippen LogP contribution in [0.5, 0.6) is 0 Å². The fourth-order valence-corrected chi connectivity index (χ4v) is 3.16. The summed E-state index contributed by atoms with van der Waals surface area (Å²) >= 11 is 0. The molecule has 1 aromatic carbocycles. The summed E-state index contributed by atoms with van der Waals surface area (Å²) in [5.74, 6) is 6.17. The summed E-state index contributed by atoms with van der Waals surface area (Å²) in [5, 5.41) is 7.08. The Bertz CT molecular complexity index is 1040. The number of aromatic nitrogens is 2. The van der Waals surface area contributed by atoms with Crippen molar-refractivity contribution in [1.29, 1.82) is 0 Å². The molecule has 8 heteroatoms. The van der Waals surface area contributed by atoms with Crippen molar-refractivity contribution in [2.75, 3.05) is 18.4 Å². The van der Waals surface area contributed by atoms with Crippen molar-refractivity contribution in [3.05, 3.63) is 72.1 Å². The standard InChI is InChI=1S/C21H23N7O/c22-28-14-17(13-25-28)16-11-19-18(24-12-16)8-9-20(26-19)27-21(29)23-10-4-7-15-5-2-1-3-6-15/h1-3,5-6,8-9,11-12,14,25H,4,7,10,13,22H2,(H2,23,26,27,29). The predicted octanol–water partition coefficient (Wildman–Crippen LogP) is 2.42. The van der Waals surface area contributed by atoms with Gasteiger partial charge in [0.2, 0.25) is 0 Å². The van der Waals surface area contributed by atoms with Gasteiger partial charge < -0.3 is 5.32 Å². The number of benzene rings is 1. The number of fused-ring (bicyclic) bond motifs is 1. The van der Waals surface area contributed by atoms with Gasteiger partial charge in [-0.3, -0.25) is 15.4 Å². The van der Waals surface area contributed by atoms with Crippen molar-refractivity contribution in [2.24, 2.45) is 5.84 Å². The number of hydrogen-bond acceptors (Lipinski definition) is 6. The monoisotopic (exact) mass is 389 g/mol. The maximum atomic E-state index is 12.2. The zero-order valence-electron chi connectivity index (χ0n) is 15.9. The van der Waals surface area contributed by atoms with Gasteiger partial charge in [-0.2, -0.15) is 0 Å². The lowest BCUT2D eigenvalue weighted by Gasteiger charge is -2.08. The summed E-state index contributed by atoms with van der Waals surface area (Å²) in [6.07, 6.45) is 5.41. The molecule has 2 amide bonds. The Morgan fingerprint density at radius 1 is 1.17 bits per heavy atom. The second-order valence-electron chi connectivity index (χ2n) is 6.83. The van der Waals surface area contributed by atoms with Gasteiger partial charge in [0.15, 0.2) is 0 Å². The Labute approximate surface area is 168 Å². The Balaban J connectivity index is 1.34. The van der Waals surface area contributed by atoms with Crippen molar-refractivity contribution < 1.29 is 4.79 Å². The quantitative estimate of drug-likeness (QED) is 0.381. The van der Waals surface area contributed by atoms with Crippen molar-refractivity contribution in [1.82, 2.24) is 25.8 Å². The first-order chi connectivity index (χ1) is 14.2. The van der Waals surface area contributed by atoms with E-state index in [1.807, 2.05) is 36.5 Å². The van der Waals surface area contributed by atoms with E-state index in [2.05, 4.69) is 38.2 Å². The van der Waals surface area contributed by atoms with E-state index < -0.39 is 0 Å². The van der Waals surface area contributed by atoms with Gasteiger partial charge in [-0.1, -0.05) is 30.3 Å². The summed E-state index contributed by atoms with van der Waals surface area (Å²) < 4.78 is 0. The number of nitrogens with zero attached hydrogens (tertiary/aromatic N) is 3. The number of rotatable bonds is 6. The first kappa shape index (κ1) is 18.9. The molecular formula is C21H23N7O. The molecule has 0 radical (unpaired) electrons. The van der Waals surface area contributed by atoms with Gasteiger partial charge in [-0.15, -0.1) is 0 Å². The fourth-order valence-electron chi connectivity index (χ4n) is 3.16. The molecule has 0 fully saturated rings. The lowest BCUT2D eigenvalue weighted by molar-refractivity contribution is 0.252. The van der Waals surface area contributed by atoms with Crippen LogP contribution >= 0.6 is 0 Å². The number of hydrogen-bond donors (Lipinski definition) is 4. The second kappa shape index (κ2) is 8.68. The number of pyridine rings is 2. The van der Waals surface area contributed by atoms with Crippen LogP contribution in [-0.4, -0.2) is 34.2 Å². The molecule has 29 heavy (non-hydrogen) atoms. The summed E-state index contributed by atoms with van der Waals surface area (Å²) in [4.78, 5) is 21.1. The van der Waals surface area contributed by atoms with Gasteiger partial charge in [0.05, 0.1) is 11.0 Å². The highest BCUT2D eigenvalue weighted by Gasteiger charge is 2.12. The van der Waals surface area contributed by atoms with Crippen LogP contribution in [0, 0.1) is 0 Å². The number of amides is 2. The number of urea groups is 1. The first-order valence-electron chi connectivity index (χ1n) is 9.51. The molecule has 1 aliphatic rings. The molecule has 8 nitrogen and oxygen atoms in total. The highest BCUT2D eigenvalue weighted by atomic mass is 16.2. The largest absolute Gasteiger partial charge is 0.338 e. The molecule has 0 saturated heterocycles. The normalized spacial score (nSPS) is 13.4. The van der Waals surface area contributed by atoms with Crippen LogP contribution in [-0.2, 0) is 6.42 Å². The topological polar surface area (TPSA) is 108 Å². The zero-order chi connectivity index (χ0) is 20.1. The number of aryl methyl sites for hydroxylation is 1. The Hall–Kier alpha value is -3.49. The van der Waals surface area contributed by atoms with E-state index in [0.717, 1.165) is 29.5 Å². The van der Waals surface area contributed by atoms with E-state index in [1.165, 1.54) is 10.7 Å². The molecule has 3 heterocycles. The van der Waals surface area contributed by atoms with Crippen LogP contribution in [0.25, 0.3) is 16.6 Å². The third-order valence-electron chi connectivity index (χ3n) is 4.67. The number of carbonyl (C=O) groups excluding carboxylic acids is 1. The van der Waals surface area contributed by atoms with Crippen LogP contribution in [0.4, 0.5) is 10.6 Å². The van der Waals surface area contributed by atoms with E-state index in [4.69, 9.17) is 5.84 Å². The number of hydrazine groups is 2. The van der Waals surface area contributed by atoms with Gasteiger partial charge in [-0.25, -0.2) is 21.0 Å². The summed E-state index contributed by atoms with van der Waals surface area (Å²) in [6, 6.07) is 15.5. The van der Waals surface area contributed by atoms with Crippen LogP contribution in [0.1, 0.15) is 17.5 Å². The summed E-state index contributed by atoms with van der Waals surface area (Å²) in [5.41, 5.74) is 7.69. The average Bonchev–Trinajstić information content (AvgIpc) is 3.18. The molecular weight excluding hydrogens is 366 g/mol. The van der Waals surface area contributed by atoms with Gasteiger partial charge >= 0.3 is 6.03 Å². The van der Waals surface area contributed by atoms with E-state index in [9.17, 15) is 4.79 Å². The lowest BCUT2D eigenvalue weighted by Crippen LogP contribution is -2.34. The average molecular weight is 389 g/mol. The van der Waals surface area contributed by atoms with Crippen LogP contribution in [0.15, 0.2) is 60.9 Å². The Kier molecular flexibility index (Phi) is 5.64. The van der Waals surface area contributed by atoms with E-state index >= 15 is 0 Å². The van der Waals surface area contributed by atoms with Gasteiger partial charge in [-0.05, 0) is 42.2 Å².